The largest absolute Gasteiger partial charge is 0.327 e. The van der Waals surface area contributed by atoms with Crippen LogP contribution in [0.25, 0.3) is 0 Å². The van der Waals surface area contributed by atoms with E-state index in [2.05, 4.69) is 47.2 Å². The summed E-state index contributed by atoms with van der Waals surface area (Å²) in [5, 5.41) is 0. The number of hydrogen-bond acceptors (Lipinski definition) is 3. The Morgan fingerprint density at radius 2 is 1.80 bits per heavy atom. The van der Waals surface area contributed by atoms with Crippen LogP contribution >= 0.6 is 0 Å². The van der Waals surface area contributed by atoms with Crippen molar-refractivity contribution in [3.05, 3.63) is 59.7 Å². The number of hydrogen-bond donors (Lipinski definition) is 1. The van der Waals surface area contributed by atoms with Crippen molar-refractivity contribution < 1.29 is 0 Å². The molecule has 0 saturated heterocycles. The lowest BCUT2D eigenvalue weighted by molar-refractivity contribution is 0.640. The van der Waals surface area contributed by atoms with Crippen LogP contribution in [-0.2, 0) is 11.8 Å². The normalized spacial score (nSPS) is 17.7. The smallest absolute Gasteiger partial charge is 0.138 e. The highest BCUT2D eigenvalue weighted by molar-refractivity contribution is 5.39. The summed E-state index contributed by atoms with van der Waals surface area (Å²) >= 11 is 0. The zero-order valence-electron chi connectivity index (χ0n) is 11.9. The van der Waals surface area contributed by atoms with Crippen molar-refractivity contribution in [2.75, 3.05) is 0 Å². The van der Waals surface area contributed by atoms with Crippen LogP contribution in [0.2, 0.25) is 0 Å². The van der Waals surface area contributed by atoms with E-state index < -0.39 is 0 Å². The minimum absolute atomic E-state index is 0.0622. The monoisotopic (exact) mass is 267 g/mol. The molecule has 1 aromatic heterocycles. The number of rotatable bonds is 5. The van der Waals surface area contributed by atoms with E-state index in [9.17, 15) is 0 Å². The van der Waals surface area contributed by atoms with Gasteiger partial charge in [-0.15, -0.1) is 0 Å². The fourth-order valence-electron chi connectivity index (χ4n) is 2.68. The van der Waals surface area contributed by atoms with Crippen LogP contribution in [0.3, 0.4) is 0 Å². The maximum atomic E-state index is 5.98. The molecule has 1 aliphatic carbocycles. The Labute approximate surface area is 120 Å². The molecule has 1 fully saturated rings. The van der Waals surface area contributed by atoms with Crippen LogP contribution < -0.4 is 5.73 Å². The van der Waals surface area contributed by atoms with Crippen LogP contribution in [0, 0.1) is 0 Å². The molecule has 1 saturated carbocycles. The van der Waals surface area contributed by atoms with Gasteiger partial charge in [-0.25, -0.2) is 9.97 Å². The molecule has 3 rings (SSSR count). The minimum Gasteiger partial charge on any atom is -0.327 e. The Morgan fingerprint density at radius 1 is 1.15 bits per heavy atom. The maximum Gasteiger partial charge on any atom is 0.138 e. The van der Waals surface area contributed by atoms with Gasteiger partial charge in [-0.3, -0.25) is 0 Å². The molecule has 1 aliphatic rings. The highest BCUT2D eigenvalue weighted by atomic mass is 14.9. The van der Waals surface area contributed by atoms with Gasteiger partial charge < -0.3 is 5.73 Å². The Kier molecular flexibility index (Phi) is 3.53. The molecule has 0 spiro atoms. The molecule has 2 N–H and O–H groups in total. The summed E-state index contributed by atoms with van der Waals surface area (Å²) in [6, 6.07) is 10.8. The SMILES string of the molecule is CCC(N)Cc1cnc(C2(c3ccccc3)CC2)nc1. The van der Waals surface area contributed by atoms with Gasteiger partial charge >= 0.3 is 0 Å². The van der Waals surface area contributed by atoms with E-state index >= 15 is 0 Å². The van der Waals surface area contributed by atoms with E-state index in [0.29, 0.717) is 0 Å². The van der Waals surface area contributed by atoms with Gasteiger partial charge in [0.05, 0.1) is 5.41 Å². The van der Waals surface area contributed by atoms with Gasteiger partial charge in [-0.05, 0) is 36.8 Å². The molecule has 2 aromatic rings. The highest BCUT2D eigenvalue weighted by Gasteiger charge is 2.48. The van der Waals surface area contributed by atoms with E-state index in [1.807, 2.05) is 12.4 Å². The first kappa shape index (κ1) is 13.3. The van der Waals surface area contributed by atoms with Crippen molar-refractivity contribution in [2.45, 2.75) is 44.1 Å². The van der Waals surface area contributed by atoms with Crippen LogP contribution in [0.4, 0.5) is 0 Å². The topological polar surface area (TPSA) is 51.8 Å². The summed E-state index contributed by atoms with van der Waals surface area (Å²) in [5.74, 6) is 0.956. The molecule has 1 aromatic carbocycles. The fraction of sp³-hybridized carbons (Fsp3) is 0.412. The zero-order chi connectivity index (χ0) is 14.0. The van der Waals surface area contributed by atoms with E-state index in [1.54, 1.807) is 0 Å². The first-order valence-corrected chi connectivity index (χ1v) is 7.37. The predicted molar refractivity (Wildman–Crippen MR) is 80.5 cm³/mol. The molecule has 1 unspecified atom stereocenters. The Bertz CT molecular complexity index is 559. The molecule has 104 valence electrons. The summed E-state index contributed by atoms with van der Waals surface area (Å²) in [7, 11) is 0. The van der Waals surface area contributed by atoms with Gasteiger partial charge in [0.25, 0.3) is 0 Å². The molecule has 0 amide bonds. The number of benzene rings is 1. The van der Waals surface area contributed by atoms with Crippen molar-refractivity contribution in [2.24, 2.45) is 5.73 Å². The van der Waals surface area contributed by atoms with E-state index in [1.165, 1.54) is 5.56 Å². The number of nitrogens with two attached hydrogens (primary N) is 1. The van der Waals surface area contributed by atoms with E-state index in [-0.39, 0.29) is 11.5 Å². The summed E-state index contributed by atoms with van der Waals surface area (Å²) in [6.45, 7) is 2.11. The minimum atomic E-state index is 0.0622. The summed E-state index contributed by atoms with van der Waals surface area (Å²) in [5.41, 5.74) is 8.50. The fourth-order valence-corrected chi connectivity index (χ4v) is 2.68. The molecule has 3 nitrogen and oxygen atoms in total. The molecular formula is C17H21N3. The van der Waals surface area contributed by atoms with Gasteiger partial charge in [-0.2, -0.15) is 0 Å². The van der Waals surface area contributed by atoms with Crippen molar-refractivity contribution in [3.8, 4) is 0 Å². The second-order valence-corrected chi connectivity index (χ2v) is 5.74. The van der Waals surface area contributed by atoms with Crippen LogP contribution in [0.15, 0.2) is 42.7 Å². The van der Waals surface area contributed by atoms with Gasteiger partial charge in [0.2, 0.25) is 0 Å². The summed E-state index contributed by atoms with van der Waals surface area (Å²) < 4.78 is 0. The average Bonchev–Trinajstić information content (AvgIpc) is 3.30. The second-order valence-electron chi connectivity index (χ2n) is 5.74. The standard InChI is InChI=1S/C17H21N3/c1-2-15(18)10-13-11-19-16(20-12-13)17(8-9-17)14-6-4-3-5-7-14/h3-7,11-12,15H,2,8-10,18H2,1H3. The number of aromatic nitrogens is 2. The highest BCUT2D eigenvalue weighted by Crippen LogP contribution is 2.51. The van der Waals surface area contributed by atoms with Crippen LogP contribution in [0.1, 0.15) is 43.1 Å². The Balaban J connectivity index is 1.81. The van der Waals surface area contributed by atoms with Crippen LogP contribution in [-0.4, -0.2) is 16.0 Å². The summed E-state index contributed by atoms with van der Waals surface area (Å²) in [6.07, 6.45) is 8.02. The molecule has 1 heterocycles. The zero-order valence-corrected chi connectivity index (χ0v) is 11.9. The average molecular weight is 267 g/mol. The molecule has 1 atom stereocenters. The first-order chi connectivity index (χ1) is 9.74. The third-order valence-electron chi connectivity index (χ3n) is 4.23. The number of nitrogens with zero attached hydrogens (tertiary/aromatic N) is 2. The van der Waals surface area contributed by atoms with E-state index in [4.69, 9.17) is 5.73 Å². The van der Waals surface area contributed by atoms with Gasteiger partial charge in [0.1, 0.15) is 5.82 Å². The molecule has 0 radical (unpaired) electrons. The lowest BCUT2D eigenvalue weighted by Gasteiger charge is -2.15. The Hall–Kier alpha value is -1.74. The van der Waals surface area contributed by atoms with Crippen molar-refractivity contribution in [3.63, 3.8) is 0 Å². The quantitative estimate of drug-likeness (QED) is 0.906. The lowest BCUT2D eigenvalue weighted by Crippen LogP contribution is -2.22. The molecule has 20 heavy (non-hydrogen) atoms. The van der Waals surface area contributed by atoms with Gasteiger partial charge in [0.15, 0.2) is 0 Å². The predicted octanol–water partition coefficient (Wildman–Crippen LogP) is 2.84. The van der Waals surface area contributed by atoms with Crippen molar-refractivity contribution in [1.82, 2.24) is 9.97 Å². The Morgan fingerprint density at radius 3 is 2.35 bits per heavy atom. The lowest BCUT2D eigenvalue weighted by atomic mass is 9.95. The molecule has 0 bridgehead atoms. The van der Waals surface area contributed by atoms with Crippen molar-refractivity contribution >= 4 is 0 Å². The molecule has 0 aliphatic heterocycles. The van der Waals surface area contributed by atoms with Crippen LogP contribution in [0.5, 0.6) is 0 Å². The van der Waals surface area contributed by atoms with Crippen molar-refractivity contribution in [1.29, 1.82) is 0 Å². The molecule has 3 heteroatoms. The van der Waals surface area contributed by atoms with E-state index in [0.717, 1.165) is 37.1 Å². The third-order valence-corrected chi connectivity index (χ3v) is 4.23. The van der Waals surface area contributed by atoms with Gasteiger partial charge in [0, 0.05) is 18.4 Å². The maximum absolute atomic E-state index is 5.98. The first-order valence-electron chi connectivity index (χ1n) is 7.37. The third kappa shape index (κ3) is 2.46. The van der Waals surface area contributed by atoms with Gasteiger partial charge in [-0.1, -0.05) is 37.3 Å². The summed E-state index contributed by atoms with van der Waals surface area (Å²) in [4.78, 5) is 9.22. The second kappa shape index (κ2) is 5.33. The molecular weight excluding hydrogens is 246 g/mol.